The highest BCUT2D eigenvalue weighted by atomic mass is 35.5. The number of nitrogens with one attached hydrogen (secondary N) is 3. The largest absolute Gasteiger partial charge is 0.328 e. The van der Waals surface area contributed by atoms with Gasteiger partial charge in [0.05, 0.1) is 11.0 Å². The molecule has 0 atom stereocenters. The summed E-state index contributed by atoms with van der Waals surface area (Å²) in [6, 6.07) is 7.26. The maximum atomic E-state index is 12.2. The van der Waals surface area contributed by atoms with Gasteiger partial charge in [-0.25, -0.2) is 18.1 Å². The van der Waals surface area contributed by atoms with E-state index in [-0.39, 0.29) is 23.6 Å². The number of piperidine rings is 1. The van der Waals surface area contributed by atoms with Crippen LogP contribution in [0.1, 0.15) is 12.8 Å². The highest BCUT2D eigenvalue weighted by Crippen LogP contribution is 2.15. The third-order valence-corrected chi connectivity index (χ3v) is 4.63. The fraction of sp³-hybridized carbons (Fsp3) is 0.417. The summed E-state index contributed by atoms with van der Waals surface area (Å²) in [4.78, 5) is 6.98. The van der Waals surface area contributed by atoms with Crippen molar-refractivity contribution in [2.45, 2.75) is 24.0 Å². The molecule has 2 heterocycles. The second-order valence-corrected chi connectivity index (χ2v) is 6.33. The molecule has 0 aliphatic carbocycles. The lowest BCUT2D eigenvalue weighted by atomic mass is 10.1. The number of aromatic amines is 1. The van der Waals surface area contributed by atoms with Crippen molar-refractivity contribution in [3.8, 4) is 0 Å². The minimum atomic E-state index is -3.57. The molecule has 2 aromatic rings. The molecule has 110 valence electrons. The molecule has 1 aliphatic rings. The van der Waals surface area contributed by atoms with Crippen molar-refractivity contribution in [3.63, 3.8) is 0 Å². The number of sulfonamides is 1. The Balaban J connectivity index is 0.00000147. The Labute approximate surface area is 123 Å². The zero-order chi connectivity index (χ0) is 13.3. The number of fused-ring (bicyclic) bond motifs is 1. The molecular formula is C12H17ClN4O2S. The summed E-state index contributed by atoms with van der Waals surface area (Å²) in [5.74, 6) is 0. The first-order valence-electron chi connectivity index (χ1n) is 6.33. The van der Waals surface area contributed by atoms with Gasteiger partial charge in [0.15, 0.2) is 0 Å². The number of hydrogen-bond donors (Lipinski definition) is 3. The lowest BCUT2D eigenvalue weighted by Gasteiger charge is -2.22. The Morgan fingerprint density at radius 1 is 1.20 bits per heavy atom. The molecular weight excluding hydrogens is 300 g/mol. The van der Waals surface area contributed by atoms with Crippen molar-refractivity contribution in [3.05, 3.63) is 24.3 Å². The van der Waals surface area contributed by atoms with E-state index in [9.17, 15) is 8.42 Å². The van der Waals surface area contributed by atoms with Crippen molar-refractivity contribution in [1.82, 2.24) is 20.0 Å². The Bertz CT molecular complexity index is 647. The maximum absolute atomic E-state index is 12.2. The molecule has 1 fully saturated rings. The topological polar surface area (TPSA) is 86.9 Å². The van der Waals surface area contributed by atoms with Crippen LogP contribution in [0.15, 0.2) is 29.4 Å². The standard InChI is InChI=1S/C12H16N4O2S.ClH/c17-19(18,16-9-5-7-13-8-6-9)12-14-10-3-1-2-4-11(10)15-12;/h1-4,9,13,16H,5-8H2,(H,14,15);1H. The lowest BCUT2D eigenvalue weighted by molar-refractivity contribution is 0.426. The summed E-state index contributed by atoms with van der Waals surface area (Å²) >= 11 is 0. The molecule has 6 nitrogen and oxygen atoms in total. The average Bonchev–Trinajstić information content (AvgIpc) is 2.84. The van der Waals surface area contributed by atoms with Gasteiger partial charge >= 0.3 is 0 Å². The molecule has 3 N–H and O–H groups in total. The van der Waals surface area contributed by atoms with E-state index in [1.807, 2.05) is 18.2 Å². The Hall–Kier alpha value is -1.15. The van der Waals surface area contributed by atoms with Gasteiger partial charge in [-0.3, -0.25) is 0 Å². The zero-order valence-corrected chi connectivity index (χ0v) is 12.4. The normalized spacial score (nSPS) is 17.0. The molecule has 8 heteroatoms. The van der Waals surface area contributed by atoms with Gasteiger partial charge in [0, 0.05) is 6.04 Å². The number of rotatable bonds is 3. The van der Waals surface area contributed by atoms with Gasteiger partial charge in [-0.05, 0) is 38.1 Å². The number of imidazole rings is 1. The van der Waals surface area contributed by atoms with Gasteiger partial charge in [-0.2, -0.15) is 0 Å². The number of benzene rings is 1. The van der Waals surface area contributed by atoms with Crippen LogP contribution < -0.4 is 10.0 Å². The monoisotopic (exact) mass is 316 g/mol. The fourth-order valence-electron chi connectivity index (χ4n) is 2.27. The molecule has 1 aromatic carbocycles. The third-order valence-electron chi connectivity index (χ3n) is 3.28. The lowest BCUT2D eigenvalue weighted by Crippen LogP contribution is -2.42. The number of H-pyrrole nitrogens is 1. The first kappa shape index (κ1) is 15.2. The Morgan fingerprint density at radius 2 is 1.90 bits per heavy atom. The fourth-order valence-corrected chi connectivity index (χ4v) is 3.52. The molecule has 0 spiro atoms. The van der Waals surface area contributed by atoms with Crippen LogP contribution in [-0.4, -0.2) is 37.5 Å². The molecule has 0 unspecified atom stereocenters. The van der Waals surface area contributed by atoms with E-state index in [0.29, 0.717) is 5.52 Å². The van der Waals surface area contributed by atoms with Gasteiger partial charge in [-0.15, -0.1) is 12.4 Å². The molecule has 0 radical (unpaired) electrons. The maximum Gasteiger partial charge on any atom is 0.274 e. The van der Waals surface area contributed by atoms with Gasteiger partial charge in [0.2, 0.25) is 5.16 Å². The highest BCUT2D eigenvalue weighted by molar-refractivity contribution is 7.89. The predicted molar refractivity (Wildman–Crippen MR) is 79.6 cm³/mol. The predicted octanol–water partition coefficient (Wildman–Crippen LogP) is 1.01. The molecule has 0 bridgehead atoms. The van der Waals surface area contributed by atoms with E-state index in [0.717, 1.165) is 31.4 Å². The van der Waals surface area contributed by atoms with Crippen LogP contribution >= 0.6 is 12.4 Å². The van der Waals surface area contributed by atoms with Crippen LogP contribution in [-0.2, 0) is 10.0 Å². The second-order valence-electron chi connectivity index (χ2n) is 4.70. The molecule has 20 heavy (non-hydrogen) atoms. The summed E-state index contributed by atoms with van der Waals surface area (Å²) in [6.07, 6.45) is 1.61. The van der Waals surface area contributed by atoms with Gasteiger partial charge in [0.25, 0.3) is 10.0 Å². The van der Waals surface area contributed by atoms with Crippen LogP contribution in [0.25, 0.3) is 11.0 Å². The second kappa shape index (κ2) is 6.09. The van der Waals surface area contributed by atoms with Crippen LogP contribution in [0.2, 0.25) is 0 Å². The highest BCUT2D eigenvalue weighted by Gasteiger charge is 2.24. The van der Waals surface area contributed by atoms with E-state index in [1.54, 1.807) is 6.07 Å². The third kappa shape index (κ3) is 3.12. The van der Waals surface area contributed by atoms with Crippen LogP contribution in [0.4, 0.5) is 0 Å². The summed E-state index contributed by atoms with van der Waals surface area (Å²) in [5.41, 5.74) is 1.39. The van der Waals surface area contributed by atoms with Crippen LogP contribution in [0.3, 0.4) is 0 Å². The van der Waals surface area contributed by atoms with Gasteiger partial charge < -0.3 is 10.3 Å². The van der Waals surface area contributed by atoms with Crippen molar-refractivity contribution in [2.24, 2.45) is 0 Å². The summed E-state index contributed by atoms with van der Waals surface area (Å²) in [5, 5.41) is 3.20. The van der Waals surface area contributed by atoms with Gasteiger partial charge in [-0.1, -0.05) is 12.1 Å². The van der Waals surface area contributed by atoms with Crippen molar-refractivity contribution < 1.29 is 8.42 Å². The number of halogens is 1. The summed E-state index contributed by atoms with van der Waals surface area (Å²) < 4.78 is 27.2. The molecule has 0 amide bonds. The molecule has 1 saturated heterocycles. The summed E-state index contributed by atoms with van der Waals surface area (Å²) in [7, 11) is -3.57. The minimum absolute atomic E-state index is 0. The number of hydrogen-bond acceptors (Lipinski definition) is 4. The number of para-hydroxylation sites is 2. The van der Waals surface area contributed by atoms with E-state index in [2.05, 4.69) is 20.0 Å². The Kier molecular flexibility index (Phi) is 4.64. The van der Waals surface area contributed by atoms with Crippen molar-refractivity contribution in [1.29, 1.82) is 0 Å². The molecule has 0 saturated carbocycles. The van der Waals surface area contributed by atoms with Crippen LogP contribution in [0.5, 0.6) is 0 Å². The summed E-state index contributed by atoms with van der Waals surface area (Å²) in [6.45, 7) is 1.68. The first-order chi connectivity index (χ1) is 9.15. The van der Waals surface area contributed by atoms with E-state index in [4.69, 9.17) is 0 Å². The number of nitrogens with zero attached hydrogens (tertiary/aromatic N) is 1. The van der Waals surface area contributed by atoms with E-state index in [1.165, 1.54) is 0 Å². The van der Waals surface area contributed by atoms with Gasteiger partial charge in [0.1, 0.15) is 0 Å². The quantitative estimate of drug-likeness (QED) is 0.789. The molecule has 3 rings (SSSR count). The molecule has 1 aromatic heterocycles. The van der Waals surface area contributed by atoms with Crippen molar-refractivity contribution >= 4 is 33.5 Å². The van der Waals surface area contributed by atoms with Crippen molar-refractivity contribution in [2.75, 3.05) is 13.1 Å². The SMILES string of the molecule is Cl.O=S(=O)(NC1CCNCC1)c1nc2ccccc2[nH]1. The average molecular weight is 317 g/mol. The first-order valence-corrected chi connectivity index (χ1v) is 7.81. The van der Waals surface area contributed by atoms with E-state index < -0.39 is 10.0 Å². The number of aromatic nitrogens is 2. The van der Waals surface area contributed by atoms with Crippen LogP contribution in [0, 0.1) is 0 Å². The zero-order valence-electron chi connectivity index (χ0n) is 10.8. The smallest absolute Gasteiger partial charge is 0.274 e. The minimum Gasteiger partial charge on any atom is -0.328 e. The van der Waals surface area contributed by atoms with E-state index >= 15 is 0 Å². The molecule has 1 aliphatic heterocycles. The Morgan fingerprint density at radius 3 is 2.60 bits per heavy atom.